The Kier molecular flexibility index (Phi) is 6.09. The van der Waals surface area contributed by atoms with Crippen LogP contribution in [0.25, 0.3) is 10.4 Å². The van der Waals surface area contributed by atoms with Crippen LogP contribution in [0.2, 0.25) is 0 Å². The van der Waals surface area contributed by atoms with Gasteiger partial charge in [0, 0.05) is 23.5 Å². The van der Waals surface area contributed by atoms with Crippen LogP contribution >= 0.6 is 11.3 Å². The lowest BCUT2D eigenvalue weighted by Crippen LogP contribution is -2.29. The van der Waals surface area contributed by atoms with Crippen molar-refractivity contribution in [1.29, 1.82) is 0 Å². The zero-order valence-corrected chi connectivity index (χ0v) is 15.5. The van der Waals surface area contributed by atoms with Gasteiger partial charge in [0.25, 0.3) is 5.91 Å². The van der Waals surface area contributed by atoms with Crippen LogP contribution < -0.4 is 14.2 Å². The van der Waals surface area contributed by atoms with Crippen LogP contribution in [0, 0.1) is 0 Å². The van der Waals surface area contributed by atoms with Gasteiger partial charge < -0.3 is 19.1 Å². The van der Waals surface area contributed by atoms with Crippen LogP contribution in [0.3, 0.4) is 0 Å². The summed E-state index contributed by atoms with van der Waals surface area (Å²) in [4.78, 5) is 16.0. The summed E-state index contributed by atoms with van der Waals surface area (Å²) in [6.45, 7) is 5.35. The van der Waals surface area contributed by atoms with Crippen molar-refractivity contribution in [3.05, 3.63) is 29.1 Å². The summed E-state index contributed by atoms with van der Waals surface area (Å²) < 4.78 is 16.3. The van der Waals surface area contributed by atoms with E-state index in [1.54, 1.807) is 26.2 Å². The molecule has 0 aliphatic rings. The number of thiophene rings is 1. The van der Waals surface area contributed by atoms with Crippen LogP contribution in [0.1, 0.15) is 23.5 Å². The summed E-state index contributed by atoms with van der Waals surface area (Å²) >= 11 is 1.45. The number of benzene rings is 1. The second kappa shape index (κ2) is 8.06. The minimum Gasteiger partial charge on any atom is -0.493 e. The van der Waals surface area contributed by atoms with E-state index in [-0.39, 0.29) is 5.91 Å². The topological polar surface area (TPSA) is 48.0 Å². The summed E-state index contributed by atoms with van der Waals surface area (Å²) in [7, 11) is 4.76. The third-order valence-corrected chi connectivity index (χ3v) is 4.94. The van der Waals surface area contributed by atoms with Crippen LogP contribution in [0.5, 0.6) is 17.2 Å². The molecule has 0 unspecified atom stereocenters. The van der Waals surface area contributed by atoms with Crippen LogP contribution in [0.15, 0.2) is 24.3 Å². The van der Waals surface area contributed by atoms with E-state index in [1.165, 1.54) is 11.3 Å². The molecule has 2 rings (SSSR count). The summed E-state index contributed by atoms with van der Waals surface area (Å²) in [5.74, 6) is 1.80. The van der Waals surface area contributed by atoms with Gasteiger partial charge in [-0.2, -0.15) is 0 Å². The second-order valence-corrected chi connectivity index (χ2v) is 6.11. The van der Waals surface area contributed by atoms with Crippen molar-refractivity contribution >= 4 is 17.2 Å². The number of carbonyl (C=O) groups excluding carboxylic acids is 1. The quantitative estimate of drug-likeness (QED) is 0.760. The van der Waals surface area contributed by atoms with Crippen LogP contribution in [0.4, 0.5) is 0 Å². The van der Waals surface area contributed by atoms with E-state index >= 15 is 0 Å². The highest BCUT2D eigenvalue weighted by atomic mass is 32.1. The molecule has 24 heavy (non-hydrogen) atoms. The number of ether oxygens (including phenoxy) is 3. The number of hydrogen-bond donors (Lipinski definition) is 0. The Morgan fingerprint density at radius 3 is 2.17 bits per heavy atom. The number of carbonyl (C=O) groups is 1. The van der Waals surface area contributed by atoms with Crippen molar-refractivity contribution in [2.75, 3.05) is 34.4 Å². The van der Waals surface area contributed by atoms with Gasteiger partial charge in [-0.3, -0.25) is 4.79 Å². The molecule has 0 radical (unpaired) electrons. The molecule has 2 aromatic rings. The van der Waals surface area contributed by atoms with Crippen LogP contribution in [-0.2, 0) is 0 Å². The van der Waals surface area contributed by atoms with Crippen molar-refractivity contribution < 1.29 is 19.0 Å². The molecule has 0 aliphatic carbocycles. The molecule has 0 saturated carbocycles. The molecule has 0 saturated heterocycles. The zero-order chi connectivity index (χ0) is 17.7. The summed E-state index contributed by atoms with van der Waals surface area (Å²) in [5.41, 5.74) is 0.874. The molecule has 130 valence electrons. The van der Waals surface area contributed by atoms with Gasteiger partial charge in [0.15, 0.2) is 11.5 Å². The third kappa shape index (κ3) is 3.33. The highest BCUT2D eigenvalue weighted by molar-refractivity contribution is 7.17. The van der Waals surface area contributed by atoms with E-state index in [0.29, 0.717) is 35.2 Å². The smallest absolute Gasteiger partial charge is 0.263 e. The molecule has 0 N–H and O–H groups in total. The molecule has 1 aromatic carbocycles. The molecular formula is C18H23NO4S. The monoisotopic (exact) mass is 349 g/mol. The van der Waals surface area contributed by atoms with Gasteiger partial charge in [0.05, 0.1) is 26.2 Å². The Morgan fingerprint density at radius 2 is 1.62 bits per heavy atom. The number of amides is 1. The average Bonchev–Trinajstić information content (AvgIpc) is 3.10. The minimum absolute atomic E-state index is 0.0516. The summed E-state index contributed by atoms with van der Waals surface area (Å²) in [6, 6.07) is 7.54. The lowest BCUT2D eigenvalue weighted by Gasteiger charge is -2.17. The van der Waals surface area contributed by atoms with Gasteiger partial charge in [-0.25, -0.2) is 0 Å². The molecule has 5 nitrogen and oxygen atoms in total. The largest absolute Gasteiger partial charge is 0.493 e. The first-order valence-electron chi connectivity index (χ1n) is 7.79. The maximum Gasteiger partial charge on any atom is 0.263 e. The molecule has 1 heterocycles. The van der Waals surface area contributed by atoms with Gasteiger partial charge in [0.2, 0.25) is 5.75 Å². The standard InChI is InChI=1S/C18H23NO4S/c1-6-19(7-2)18(20)15-11-10-14(24-15)12-8-9-13(21-3)17(23-5)16(12)22-4/h8-11H,6-7H2,1-5H3. The van der Waals surface area contributed by atoms with Gasteiger partial charge in [-0.1, -0.05) is 0 Å². The molecule has 0 aliphatic heterocycles. The van der Waals surface area contributed by atoms with Crippen molar-refractivity contribution in [2.24, 2.45) is 0 Å². The minimum atomic E-state index is 0.0516. The Balaban J connectivity index is 2.45. The summed E-state index contributed by atoms with van der Waals surface area (Å²) in [6.07, 6.45) is 0. The number of nitrogens with zero attached hydrogens (tertiary/aromatic N) is 1. The lowest BCUT2D eigenvalue weighted by atomic mass is 10.1. The maximum absolute atomic E-state index is 12.5. The molecule has 1 amide bonds. The average molecular weight is 349 g/mol. The highest BCUT2D eigenvalue weighted by Crippen LogP contribution is 2.45. The van der Waals surface area contributed by atoms with Crippen molar-refractivity contribution in [2.45, 2.75) is 13.8 Å². The van der Waals surface area contributed by atoms with E-state index in [4.69, 9.17) is 14.2 Å². The van der Waals surface area contributed by atoms with Crippen molar-refractivity contribution in [3.8, 4) is 27.7 Å². The highest BCUT2D eigenvalue weighted by Gasteiger charge is 2.20. The fraction of sp³-hybridized carbons (Fsp3) is 0.389. The molecule has 0 atom stereocenters. The van der Waals surface area contributed by atoms with E-state index in [2.05, 4.69) is 0 Å². The fourth-order valence-electron chi connectivity index (χ4n) is 2.56. The lowest BCUT2D eigenvalue weighted by molar-refractivity contribution is 0.0778. The normalized spacial score (nSPS) is 10.4. The third-order valence-electron chi connectivity index (χ3n) is 3.84. The predicted molar refractivity (Wildman–Crippen MR) is 96.7 cm³/mol. The fourth-order valence-corrected chi connectivity index (χ4v) is 3.56. The van der Waals surface area contributed by atoms with E-state index in [9.17, 15) is 4.79 Å². The Morgan fingerprint density at radius 1 is 0.958 bits per heavy atom. The van der Waals surface area contributed by atoms with Gasteiger partial charge in [-0.05, 0) is 38.1 Å². The number of rotatable bonds is 7. The Labute approximate surface area is 146 Å². The molecule has 1 aromatic heterocycles. The van der Waals surface area contributed by atoms with Gasteiger partial charge in [0.1, 0.15) is 0 Å². The number of hydrogen-bond acceptors (Lipinski definition) is 5. The predicted octanol–water partition coefficient (Wildman–Crippen LogP) is 3.92. The first kappa shape index (κ1) is 18.1. The van der Waals surface area contributed by atoms with E-state index in [0.717, 1.165) is 10.4 Å². The summed E-state index contributed by atoms with van der Waals surface area (Å²) in [5, 5.41) is 0. The van der Waals surface area contributed by atoms with Gasteiger partial charge >= 0.3 is 0 Å². The molecule has 0 spiro atoms. The second-order valence-electron chi connectivity index (χ2n) is 5.02. The van der Waals surface area contributed by atoms with E-state index in [1.807, 2.05) is 38.1 Å². The Hall–Kier alpha value is -2.21. The first-order chi connectivity index (χ1) is 11.6. The number of methoxy groups -OCH3 is 3. The van der Waals surface area contributed by atoms with Crippen molar-refractivity contribution in [3.63, 3.8) is 0 Å². The Bertz CT molecular complexity index is 707. The SMILES string of the molecule is CCN(CC)C(=O)c1ccc(-c2ccc(OC)c(OC)c2OC)s1. The molecule has 0 fully saturated rings. The van der Waals surface area contributed by atoms with Gasteiger partial charge in [-0.15, -0.1) is 11.3 Å². The zero-order valence-electron chi connectivity index (χ0n) is 14.7. The maximum atomic E-state index is 12.5. The van der Waals surface area contributed by atoms with Crippen molar-refractivity contribution in [1.82, 2.24) is 4.90 Å². The first-order valence-corrected chi connectivity index (χ1v) is 8.61. The van der Waals surface area contributed by atoms with E-state index < -0.39 is 0 Å². The molecule has 6 heteroatoms. The molecular weight excluding hydrogens is 326 g/mol. The molecule has 0 bridgehead atoms. The van der Waals surface area contributed by atoms with Crippen LogP contribution in [-0.4, -0.2) is 45.2 Å².